The van der Waals surface area contributed by atoms with Gasteiger partial charge in [-0.05, 0) is 25.0 Å². The second-order valence-corrected chi connectivity index (χ2v) is 6.48. The van der Waals surface area contributed by atoms with E-state index in [4.69, 9.17) is 14.0 Å². The van der Waals surface area contributed by atoms with Gasteiger partial charge in [0.05, 0.1) is 26.4 Å². The number of rotatable bonds is 4. The van der Waals surface area contributed by atoms with Crippen molar-refractivity contribution in [3.8, 4) is 17.1 Å². The van der Waals surface area contributed by atoms with Crippen molar-refractivity contribution in [1.82, 2.24) is 15.0 Å². The van der Waals surface area contributed by atoms with E-state index in [2.05, 4.69) is 15.0 Å². The zero-order chi connectivity index (χ0) is 16.4. The fourth-order valence-corrected chi connectivity index (χ4v) is 3.75. The first-order valence-corrected chi connectivity index (χ1v) is 8.66. The van der Waals surface area contributed by atoms with Gasteiger partial charge >= 0.3 is 0 Å². The molecule has 1 aliphatic carbocycles. The van der Waals surface area contributed by atoms with Crippen LogP contribution < -0.4 is 4.74 Å². The highest BCUT2D eigenvalue weighted by Gasteiger charge is 2.34. The van der Waals surface area contributed by atoms with Crippen molar-refractivity contribution < 1.29 is 14.0 Å². The van der Waals surface area contributed by atoms with E-state index in [0.29, 0.717) is 30.4 Å². The van der Waals surface area contributed by atoms with Crippen LogP contribution in [-0.4, -0.2) is 47.4 Å². The molecule has 6 nitrogen and oxygen atoms in total. The van der Waals surface area contributed by atoms with E-state index < -0.39 is 0 Å². The van der Waals surface area contributed by atoms with E-state index >= 15 is 0 Å². The summed E-state index contributed by atoms with van der Waals surface area (Å²) in [4.78, 5) is 7.01. The number of fused-ring (bicyclic) bond motifs is 1. The lowest BCUT2D eigenvalue weighted by Crippen LogP contribution is -2.52. The smallest absolute Gasteiger partial charge is 0.241 e. The fourth-order valence-electron chi connectivity index (χ4n) is 3.75. The molecule has 2 atom stereocenters. The van der Waals surface area contributed by atoms with E-state index in [9.17, 15) is 0 Å². The van der Waals surface area contributed by atoms with Gasteiger partial charge in [0, 0.05) is 18.2 Å². The zero-order valence-corrected chi connectivity index (χ0v) is 14.0. The van der Waals surface area contributed by atoms with E-state index in [-0.39, 0.29) is 0 Å². The molecule has 4 rings (SSSR count). The number of benzene rings is 1. The van der Waals surface area contributed by atoms with E-state index in [1.807, 2.05) is 24.3 Å². The summed E-state index contributed by atoms with van der Waals surface area (Å²) >= 11 is 0. The Morgan fingerprint density at radius 1 is 1.29 bits per heavy atom. The summed E-state index contributed by atoms with van der Waals surface area (Å²) in [5.41, 5.74) is 0.905. The maximum absolute atomic E-state index is 5.93. The molecular formula is C18H23N3O3. The average Bonchev–Trinajstić information content (AvgIpc) is 3.11. The van der Waals surface area contributed by atoms with E-state index in [1.54, 1.807) is 7.11 Å². The molecule has 0 bridgehead atoms. The van der Waals surface area contributed by atoms with Crippen molar-refractivity contribution in [2.24, 2.45) is 0 Å². The first kappa shape index (κ1) is 15.6. The van der Waals surface area contributed by atoms with Gasteiger partial charge in [0.25, 0.3) is 0 Å². The molecule has 1 aromatic carbocycles. The number of methoxy groups -OCH3 is 1. The first-order valence-electron chi connectivity index (χ1n) is 8.66. The number of hydrogen-bond donors (Lipinski definition) is 0. The lowest BCUT2D eigenvalue weighted by atomic mass is 9.90. The molecule has 0 spiro atoms. The van der Waals surface area contributed by atoms with Crippen LogP contribution in [0.15, 0.2) is 28.8 Å². The molecule has 2 aromatic rings. The summed E-state index contributed by atoms with van der Waals surface area (Å²) < 4.78 is 16.7. The molecule has 2 heterocycles. The number of morpholine rings is 1. The predicted molar refractivity (Wildman–Crippen MR) is 88.7 cm³/mol. The van der Waals surface area contributed by atoms with Gasteiger partial charge in [0.2, 0.25) is 11.7 Å². The molecule has 1 aromatic heterocycles. The van der Waals surface area contributed by atoms with Crippen molar-refractivity contribution >= 4 is 0 Å². The molecule has 1 saturated heterocycles. The summed E-state index contributed by atoms with van der Waals surface area (Å²) in [5, 5.41) is 4.13. The number of ether oxygens (including phenoxy) is 2. The standard InChI is InChI=1S/C18H23N3O3/c1-22-14-6-4-5-13(11-14)18-19-17(24-20-18)12-21-9-10-23-16-8-3-2-7-15(16)21/h4-6,11,15-16H,2-3,7-10,12H2,1H3/t15-,16-/m1/s1. The molecule has 1 aliphatic heterocycles. The molecule has 128 valence electrons. The van der Waals surface area contributed by atoms with Gasteiger partial charge in [-0.25, -0.2) is 0 Å². The van der Waals surface area contributed by atoms with Gasteiger partial charge in [-0.2, -0.15) is 4.98 Å². The Labute approximate surface area is 141 Å². The Kier molecular flexibility index (Phi) is 4.49. The molecule has 0 amide bonds. The SMILES string of the molecule is COc1cccc(-c2noc(CN3CCO[C@@H]4CCCC[C@H]43)n2)c1. The van der Waals surface area contributed by atoms with Crippen LogP contribution in [-0.2, 0) is 11.3 Å². The van der Waals surface area contributed by atoms with Crippen molar-refractivity contribution in [2.75, 3.05) is 20.3 Å². The molecule has 2 aliphatic rings. The zero-order valence-electron chi connectivity index (χ0n) is 14.0. The molecule has 0 radical (unpaired) electrons. The third kappa shape index (κ3) is 3.16. The molecule has 24 heavy (non-hydrogen) atoms. The normalized spacial score (nSPS) is 24.5. The first-order chi connectivity index (χ1) is 11.8. The fraction of sp³-hybridized carbons (Fsp3) is 0.556. The van der Waals surface area contributed by atoms with Crippen molar-refractivity contribution in [3.63, 3.8) is 0 Å². The topological polar surface area (TPSA) is 60.6 Å². The maximum Gasteiger partial charge on any atom is 0.241 e. The Bertz CT molecular complexity index is 686. The van der Waals surface area contributed by atoms with Gasteiger partial charge in [-0.3, -0.25) is 4.90 Å². The second-order valence-electron chi connectivity index (χ2n) is 6.48. The van der Waals surface area contributed by atoms with E-state index in [0.717, 1.165) is 24.5 Å². The van der Waals surface area contributed by atoms with Crippen LogP contribution in [0.4, 0.5) is 0 Å². The number of hydrogen-bond acceptors (Lipinski definition) is 6. The number of aromatic nitrogens is 2. The van der Waals surface area contributed by atoms with Crippen molar-refractivity contribution in [1.29, 1.82) is 0 Å². The Morgan fingerprint density at radius 3 is 3.12 bits per heavy atom. The molecule has 0 unspecified atom stereocenters. The second kappa shape index (κ2) is 6.91. The van der Waals surface area contributed by atoms with Crippen LogP contribution in [0.25, 0.3) is 11.4 Å². The van der Waals surface area contributed by atoms with Crippen LogP contribution in [0.3, 0.4) is 0 Å². The minimum Gasteiger partial charge on any atom is -0.497 e. The third-order valence-corrected chi connectivity index (χ3v) is 4.98. The summed E-state index contributed by atoms with van der Waals surface area (Å²) in [5.74, 6) is 2.06. The summed E-state index contributed by atoms with van der Waals surface area (Å²) in [6, 6.07) is 8.20. The van der Waals surface area contributed by atoms with Gasteiger partial charge < -0.3 is 14.0 Å². The quantitative estimate of drug-likeness (QED) is 0.859. The minimum atomic E-state index is 0.369. The average molecular weight is 329 g/mol. The van der Waals surface area contributed by atoms with Crippen LogP contribution in [0.5, 0.6) is 5.75 Å². The van der Waals surface area contributed by atoms with Crippen LogP contribution in [0, 0.1) is 0 Å². The van der Waals surface area contributed by atoms with Gasteiger partial charge in [-0.1, -0.05) is 30.1 Å². The summed E-state index contributed by atoms with van der Waals surface area (Å²) in [7, 11) is 1.65. The summed E-state index contributed by atoms with van der Waals surface area (Å²) in [6.45, 7) is 2.41. The lowest BCUT2D eigenvalue weighted by Gasteiger charge is -2.43. The number of nitrogens with zero attached hydrogens (tertiary/aromatic N) is 3. The minimum absolute atomic E-state index is 0.369. The van der Waals surface area contributed by atoms with Crippen LogP contribution in [0.1, 0.15) is 31.6 Å². The van der Waals surface area contributed by atoms with E-state index in [1.165, 1.54) is 25.7 Å². The molecule has 0 N–H and O–H groups in total. The third-order valence-electron chi connectivity index (χ3n) is 4.98. The Balaban J connectivity index is 1.48. The van der Waals surface area contributed by atoms with Crippen molar-refractivity contribution in [3.05, 3.63) is 30.2 Å². The largest absolute Gasteiger partial charge is 0.497 e. The monoisotopic (exact) mass is 329 g/mol. The van der Waals surface area contributed by atoms with Crippen LogP contribution >= 0.6 is 0 Å². The van der Waals surface area contributed by atoms with Gasteiger partial charge in [0.1, 0.15) is 5.75 Å². The Hall–Kier alpha value is -1.92. The Morgan fingerprint density at radius 2 is 2.21 bits per heavy atom. The highest BCUT2D eigenvalue weighted by atomic mass is 16.5. The highest BCUT2D eigenvalue weighted by molar-refractivity contribution is 5.56. The van der Waals surface area contributed by atoms with Crippen molar-refractivity contribution in [2.45, 2.75) is 44.4 Å². The molecule has 1 saturated carbocycles. The summed E-state index contributed by atoms with van der Waals surface area (Å²) in [6.07, 6.45) is 5.28. The lowest BCUT2D eigenvalue weighted by molar-refractivity contribution is -0.0933. The maximum atomic E-state index is 5.93. The predicted octanol–water partition coefficient (Wildman–Crippen LogP) is 2.89. The molecular weight excluding hydrogens is 306 g/mol. The van der Waals surface area contributed by atoms with Crippen LogP contribution in [0.2, 0.25) is 0 Å². The highest BCUT2D eigenvalue weighted by Crippen LogP contribution is 2.29. The van der Waals surface area contributed by atoms with Gasteiger partial charge in [-0.15, -0.1) is 0 Å². The molecule has 6 heteroatoms. The molecule has 2 fully saturated rings. The van der Waals surface area contributed by atoms with Gasteiger partial charge in [0.15, 0.2) is 0 Å².